The van der Waals surface area contributed by atoms with Gasteiger partial charge in [-0.1, -0.05) is 29.5 Å². The second-order valence-corrected chi connectivity index (χ2v) is 7.34. The van der Waals surface area contributed by atoms with Crippen LogP contribution in [0.3, 0.4) is 0 Å². The van der Waals surface area contributed by atoms with Crippen molar-refractivity contribution in [2.45, 2.75) is 37.8 Å². The highest BCUT2D eigenvalue weighted by Crippen LogP contribution is 2.25. The van der Waals surface area contributed by atoms with Crippen molar-refractivity contribution < 1.29 is 18.7 Å². The van der Waals surface area contributed by atoms with Crippen molar-refractivity contribution in [3.8, 4) is 0 Å². The van der Waals surface area contributed by atoms with E-state index in [2.05, 4.69) is 14.9 Å². The van der Waals surface area contributed by atoms with Crippen molar-refractivity contribution in [1.29, 1.82) is 0 Å². The van der Waals surface area contributed by atoms with Crippen LogP contribution in [0.5, 0.6) is 0 Å². The molecule has 7 nitrogen and oxygen atoms in total. The molecule has 0 spiro atoms. The van der Waals surface area contributed by atoms with Gasteiger partial charge < -0.3 is 15.0 Å². The first kappa shape index (κ1) is 20.3. The second-order valence-electron chi connectivity index (χ2n) is 6.73. The molecule has 150 valence electrons. The third-order valence-corrected chi connectivity index (χ3v) is 5.33. The summed E-state index contributed by atoms with van der Waals surface area (Å²) in [6, 6.07) is 4.81. The van der Waals surface area contributed by atoms with Crippen LogP contribution < -0.4 is 5.32 Å². The lowest BCUT2D eigenvalue weighted by atomic mass is 10.0. The van der Waals surface area contributed by atoms with Gasteiger partial charge in [0.1, 0.15) is 11.9 Å². The van der Waals surface area contributed by atoms with Crippen molar-refractivity contribution in [3.05, 3.63) is 46.7 Å². The number of hydrogen-bond donors (Lipinski definition) is 1. The van der Waals surface area contributed by atoms with Gasteiger partial charge in [-0.15, -0.1) is 5.10 Å². The van der Waals surface area contributed by atoms with Crippen molar-refractivity contribution >= 4 is 23.3 Å². The normalized spacial score (nSPS) is 15.4. The van der Waals surface area contributed by atoms with Crippen LogP contribution in [0.25, 0.3) is 0 Å². The molecule has 1 fully saturated rings. The summed E-state index contributed by atoms with van der Waals surface area (Å²) >= 11 is 1.06. The van der Waals surface area contributed by atoms with E-state index in [4.69, 9.17) is 4.74 Å². The molecule has 2 aromatic rings. The maximum Gasteiger partial charge on any atom is 0.276 e. The third kappa shape index (κ3) is 4.90. The summed E-state index contributed by atoms with van der Waals surface area (Å²) in [6.45, 7) is 0.435. The highest BCUT2D eigenvalue weighted by Gasteiger charge is 2.34. The topological polar surface area (TPSA) is 84.4 Å². The fourth-order valence-corrected chi connectivity index (χ4v) is 3.84. The van der Waals surface area contributed by atoms with Crippen LogP contribution >= 0.6 is 11.5 Å². The van der Waals surface area contributed by atoms with E-state index in [1.807, 2.05) is 0 Å². The summed E-state index contributed by atoms with van der Waals surface area (Å²) in [5.41, 5.74) is 0.700. The Morgan fingerprint density at radius 1 is 1.32 bits per heavy atom. The summed E-state index contributed by atoms with van der Waals surface area (Å²) in [4.78, 5) is 27.7. The molecule has 1 N–H and O–H groups in total. The minimum atomic E-state index is -0.912. The lowest BCUT2D eigenvalue weighted by Gasteiger charge is -2.31. The molecule has 1 aromatic carbocycles. The zero-order chi connectivity index (χ0) is 19.9. The summed E-state index contributed by atoms with van der Waals surface area (Å²) in [6.07, 6.45) is 3.99. The van der Waals surface area contributed by atoms with Gasteiger partial charge in [-0.05, 0) is 42.1 Å². The molecule has 9 heteroatoms. The molecule has 1 heterocycles. The Kier molecular flexibility index (Phi) is 7.05. The Morgan fingerprint density at radius 3 is 2.64 bits per heavy atom. The lowest BCUT2D eigenvalue weighted by Crippen LogP contribution is -2.47. The molecular formula is C19H23FN4O3S. The molecular weight excluding hydrogens is 383 g/mol. The Labute approximate surface area is 167 Å². The maximum atomic E-state index is 13.4. The van der Waals surface area contributed by atoms with Crippen LogP contribution in [0.4, 0.5) is 4.39 Å². The van der Waals surface area contributed by atoms with Crippen LogP contribution in [0.2, 0.25) is 0 Å². The number of hydrogen-bond acceptors (Lipinski definition) is 6. The van der Waals surface area contributed by atoms with Gasteiger partial charge in [0, 0.05) is 25.1 Å². The molecule has 0 saturated heterocycles. The van der Waals surface area contributed by atoms with Gasteiger partial charge in [-0.2, -0.15) is 0 Å². The molecule has 1 unspecified atom stereocenters. The van der Waals surface area contributed by atoms with Gasteiger partial charge in [-0.25, -0.2) is 4.39 Å². The highest BCUT2D eigenvalue weighted by molar-refractivity contribution is 7.03. The average molecular weight is 406 g/mol. The summed E-state index contributed by atoms with van der Waals surface area (Å²) < 4.78 is 22.3. The number of ether oxygens (including phenoxy) is 1. The van der Waals surface area contributed by atoms with Gasteiger partial charge in [0.25, 0.3) is 5.91 Å². The standard InChI is InChI=1S/C19H23FN4O3S/c1-27-11-10-24(19(26)16-12-28-23-22-16)17(13-6-8-14(20)9-7-13)18(25)21-15-4-2-3-5-15/h6-9,12,15,17H,2-5,10-11H2,1H3,(H,21,25). The Morgan fingerprint density at radius 2 is 2.04 bits per heavy atom. The van der Waals surface area contributed by atoms with Crippen LogP contribution in [0, 0.1) is 5.82 Å². The number of halogens is 1. The molecule has 3 rings (SSSR count). The Hall–Kier alpha value is -2.39. The minimum absolute atomic E-state index is 0.0933. The van der Waals surface area contributed by atoms with E-state index in [1.165, 1.54) is 36.3 Å². The van der Waals surface area contributed by atoms with Crippen molar-refractivity contribution in [1.82, 2.24) is 19.8 Å². The van der Waals surface area contributed by atoms with Crippen LogP contribution in [-0.4, -0.2) is 52.6 Å². The largest absolute Gasteiger partial charge is 0.383 e. The van der Waals surface area contributed by atoms with Crippen LogP contribution in [0.1, 0.15) is 47.8 Å². The number of amides is 2. The zero-order valence-electron chi connectivity index (χ0n) is 15.6. The number of benzene rings is 1. The van der Waals surface area contributed by atoms with Gasteiger partial charge in [-0.3, -0.25) is 9.59 Å². The number of carbonyl (C=O) groups excluding carboxylic acids is 2. The molecule has 2 amide bonds. The average Bonchev–Trinajstić information content (AvgIpc) is 3.39. The van der Waals surface area contributed by atoms with Crippen molar-refractivity contribution in [2.24, 2.45) is 0 Å². The quantitative estimate of drug-likeness (QED) is 0.728. The maximum absolute atomic E-state index is 13.4. The molecule has 1 saturated carbocycles. The van der Waals surface area contributed by atoms with Crippen LogP contribution in [0.15, 0.2) is 29.6 Å². The van der Waals surface area contributed by atoms with Gasteiger partial charge in [0.05, 0.1) is 6.61 Å². The third-order valence-electron chi connectivity index (χ3n) is 4.82. The number of rotatable bonds is 8. The predicted molar refractivity (Wildman–Crippen MR) is 102 cm³/mol. The summed E-state index contributed by atoms with van der Waals surface area (Å²) in [7, 11) is 1.53. The monoisotopic (exact) mass is 406 g/mol. The van der Waals surface area contributed by atoms with E-state index in [9.17, 15) is 14.0 Å². The molecule has 1 aliphatic carbocycles. The molecule has 0 bridgehead atoms. The summed E-state index contributed by atoms with van der Waals surface area (Å²) in [5.74, 6) is -1.11. The molecule has 28 heavy (non-hydrogen) atoms. The lowest BCUT2D eigenvalue weighted by molar-refractivity contribution is -0.126. The van der Waals surface area contributed by atoms with Gasteiger partial charge >= 0.3 is 0 Å². The van der Waals surface area contributed by atoms with Gasteiger partial charge in [0.15, 0.2) is 5.69 Å². The number of methoxy groups -OCH3 is 1. The number of nitrogens with zero attached hydrogens (tertiary/aromatic N) is 3. The van der Waals surface area contributed by atoms with Crippen molar-refractivity contribution in [3.63, 3.8) is 0 Å². The number of nitrogens with one attached hydrogen (secondary N) is 1. The van der Waals surface area contributed by atoms with E-state index in [1.54, 1.807) is 5.38 Å². The molecule has 1 atom stereocenters. The van der Waals surface area contributed by atoms with Crippen molar-refractivity contribution in [2.75, 3.05) is 20.3 Å². The van der Waals surface area contributed by atoms with E-state index in [0.717, 1.165) is 37.2 Å². The Balaban J connectivity index is 1.93. The fraction of sp³-hybridized carbons (Fsp3) is 0.474. The van der Waals surface area contributed by atoms with E-state index >= 15 is 0 Å². The van der Waals surface area contributed by atoms with E-state index in [-0.39, 0.29) is 30.8 Å². The Bertz CT molecular complexity index is 779. The molecule has 0 radical (unpaired) electrons. The second kappa shape index (κ2) is 9.70. The van der Waals surface area contributed by atoms with E-state index in [0.29, 0.717) is 5.56 Å². The first-order valence-corrected chi connectivity index (χ1v) is 10.1. The smallest absolute Gasteiger partial charge is 0.276 e. The molecule has 1 aliphatic rings. The highest BCUT2D eigenvalue weighted by atomic mass is 32.1. The summed E-state index contributed by atoms with van der Waals surface area (Å²) in [5, 5.41) is 8.43. The van der Waals surface area contributed by atoms with Gasteiger partial charge in [0.2, 0.25) is 5.91 Å². The first-order valence-electron chi connectivity index (χ1n) is 9.23. The molecule has 1 aromatic heterocycles. The molecule has 0 aliphatic heterocycles. The van der Waals surface area contributed by atoms with Crippen LogP contribution in [-0.2, 0) is 9.53 Å². The SMILES string of the molecule is COCCN(C(=O)c1csnn1)C(C(=O)NC1CCCC1)c1ccc(F)cc1. The fourth-order valence-electron chi connectivity index (χ4n) is 3.41. The first-order chi connectivity index (χ1) is 13.6. The predicted octanol–water partition coefficient (Wildman–Crippen LogP) is 2.57. The number of aromatic nitrogens is 2. The van der Waals surface area contributed by atoms with E-state index < -0.39 is 17.8 Å². The number of carbonyl (C=O) groups is 2. The minimum Gasteiger partial charge on any atom is -0.383 e. The zero-order valence-corrected chi connectivity index (χ0v) is 16.5.